The van der Waals surface area contributed by atoms with Gasteiger partial charge in [-0.25, -0.2) is 4.68 Å². The largest absolute Gasteiger partial charge is 0.494 e. The lowest BCUT2D eigenvalue weighted by Gasteiger charge is -2.07. The molecule has 0 unspecified atom stereocenters. The summed E-state index contributed by atoms with van der Waals surface area (Å²) in [5.41, 5.74) is 1.80. The van der Waals surface area contributed by atoms with Gasteiger partial charge in [0.15, 0.2) is 0 Å². The molecule has 21 heavy (non-hydrogen) atoms. The summed E-state index contributed by atoms with van der Waals surface area (Å²) in [6.45, 7) is 3.31. The Hall–Kier alpha value is -2.37. The number of aryl methyl sites for hydroxylation is 2. The van der Waals surface area contributed by atoms with E-state index in [0.717, 1.165) is 18.6 Å². The molecule has 0 fully saturated rings. The van der Waals surface area contributed by atoms with Crippen LogP contribution in [0.2, 0.25) is 0 Å². The minimum atomic E-state index is -0.874. The lowest BCUT2D eigenvalue weighted by Crippen LogP contribution is -2.10. The van der Waals surface area contributed by atoms with Crippen molar-refractivity contribution in [3.8, 4) is 5.75 Å². The molecule has 1 N–H and O–H groups in total. The zero-order valence-corrected chi connectivity index (χ0v) is 12.0. The molecule has 2 aromatic rings. The van der Waals surface area contributed by atoms with Crippen molar-refractivity contribution in [2.75, 3.05) is 6.61 Å². The van der Waals surface area contributed by atoms with Gasteiger partial charge in [-0.1, -0.05) is 17.3 Å². The van der Waals surface area contributed by atoms with Gasteiger partial charge in [0.05, 0.1) is 24.9 Å². The van der Waals surface area contributed by atoms with Crippen LogP contribution in [-0.4, -0.2) is 32.7 Å². The summed E-state index contributed by atoms with van der Waals surface area (Å²) in [6, 6.07) is 7.94. The van der Waals surface area contributed by atoms with Crippen molar-refractivity contribution in [2.45, 2.75) is 32.7 Å². The predicted molar refractivity (Wildman–Crippen MR) is 77.3 cm³/mol. The summed E-state index contributed by atoms with van der Waals surface area (Å²) >= 11 is 0. The van der Waals surface area contributed by atoms with Gasteiger partial charge in [0.2, 0.25) is 0 Å². The third-order valence-electron chi connectivity index (χ3n) is 3.05. The van der Waals surface area contributed by atoms with Crippen molar-refractivity contribution in [3.05, 3.63) is 41.7 Å². The molecule has 6 nitrogen and oxygen atoms in total. The lowest BCUT2D eigenvalue weighted by molar-refractivity contribution is -0.136. The van der Waals surface area contributed by atoms with Crippen LogP contribution in [0.5, 0.6) is 5.75 Å². The van der Waals surface area contributed by atoms with Crippen molar-refractivity contribution in [2.24, 2.45) is 0 Å². The molecular formula is C15H19N3O3. The molecule has 112 valence electrons. The van der Waals surface area contributed by atoms with E-state index in [4.69, 9.17) is 9.84 Å². The Morgan fingerprint density at radius 2 is 2.24 bits per heavy atom. The molecule has 0 bridgehead atoms. The van der Waals surface area contributed by atoms with E-state index in [1.54, 1.807) is 4.68 Å². The molecule has 6 heteroatoms. The molecule has 0 saturated heterocycles. The summed E-state index contributed by atoms with van der Waals surface area (Å²) in [4.78, 5) is 10.7. The van der Waals surface area contributed by atoms with E-state index in [-0.39, 0.29) is 6.42 Å². The van der Waals surface area contributed by atoms with Crippen LogP contribution in [0.15, 0.2) is 30.5 Å². The Labute approximate surface area is 123 Å². The number of carbonyl (C=O) groups is 1. The molecule has 0 atom stereocenters. The van der Waals surface area contributed by atoms with Gasteiger partial charge in [0.1, 0.15) is 5.75 Å². The highest BCUT2D eigenvalue weighted by atomic mass is 16.5. The van der Waals surface area contributed by atoms with Crippen LogP contribution in [0.3, 0.4) is 0 Å². The molecule has 2 rings (SSSR count). The second kappa shape index (κ2) is 7.42. The van der Waals surface area contributed by atoms with E-state index in [1.165, 1.54) is 11.8 Å². The quantitative estimate of drug-likeness (QED) is 0.753. The van der Waals surface area contributed by atoms with Crippen LogP contribution in [0.1, 0.15) is 24.1 Å². The van der Waals surface area contributed by atoms with Crippen LogP contribution in [0.4, 0.5) is 0 Å². The Morgan fingerprint density at radius 3 is 3.00 bits per heavy atom. The number of nitrogens with zero attached hydrogens (tertiary/aromatic N) is 3. The number of aliphatic carboxylic acids is 1. The molecule has 0 radical (unpaired) electrons. The van der Waals surface area contributed by atoms with E-state index in [1.807, 2.05) is 31.2 Å². The summed E-state index contributed by atoms with van der Waals surface area (Å²) < 4.78 is 7.30. The first-order chi connectivity index (χ1) is 10.1. The first-order valence-corrected chi connectivity index (χ1v) is 6.94. The molecule has 0 aliphatic carbocycles. The average molecular weight is 289 g/mol. The summed E-state index contributed by atoms with van der Waals surface area (Å²) in [5.74, 6) is 0.00338. The van der Waals surface area contributed by atoms with Gasteiger partial charge in [-0.3, -0.25) is 4.79 Å². The third-order valence-corrected chi connectivity index (χ3v) is 3.05. The molecule has 0 spiro atoms. The smallest absolute Gasteiger partial charge is 0.309 e. The van der Waals surface area contributed by atoms with Gasteiger partial charge >= 0.3 is 5.97 Å². The van der Waals surface area contributed by atoms with Crippen molar-refractivity contribution in [1.29, 1.82) is 0 Å². The highest BCUT2D eigenvalue weighted by Gasteiger charge is 2.07. The molecule has 1 heterocycles. The number of carboxylic acids is 1. The number of aromatic nitrogens is 3. The Morgan fingerprint density at radius 1 is 1.38 bits per heavy atom. The number of rotatable bonds is 8. The van der Waals surface area contributed by atoms with E-state index in [2.05, 4.69) is 10.3 Å². The molecule has 1 aromatic carbocycles. The molecule has 0 amide bonds. The van der Waals surface area contributed by atoms with E-state index in [0.29, 0.717) is 18.8 Å². The number of hydrogen-bond acceptors (Lipinski definition) is 4. The molecule has 0 aliphatic rings. The first-order valence-electron chi connectivity index (χ1n) is 6.94. The lowest BCUT2D eigenvalue weighted by atomic mass is 10.2. The maximum atomic E-state index is 10.7. The number of hydrogen-bond donors (Lipinski definition) is 1. The number of unbranched alkanes of at least 4 members (excludes halogenated alkanes) is 1. The fraction of sp³-hybridized carbons (Fsp3) is 0.400. The fourth-order valence-electron chi connectivity index (χ4n) is 2.02. The standard InChI is InChI=1S/C15H19N3O3/c1-12-5-4-6-14(9-12)21-8-3-2-7-18-13(10-15(19)20)11-16-17-18/h4-6,9,11H,2-3,7-8,10H2,1H3,(H,19,20). The van der Waals surface area contributed by atoms with Gasteiger partial charge in [-0.15, -0.1) is 5.10 Å². The van der Waals surface area contributed by atoms with Gasteiger partial charge in [0.25, 0.3) is 0 Å². The van der Waals surface area contributed by atoms with Crippen molar-refractivity contribution < 1.29 is 14.6 Å². The maximum absolute atomic E-state index is 10.7. The normalized spacial score (nSPS) is 10.5. The third kappa shape index (κ3) is 4.91. The minimum absolute atomic E-state index is 0.0488. The zero-order valence-electron chi connectivity index (χ0n) is 12.0. The summed E-state index contributed by atoms with van der Waals surface area (Å²) in [6.07, 6.45) is 3.19. The van der Waals surface area contributed by atoms with Gasteiger partial charge in [-0.2, -0.15) is 0 Å². The van der Waals surface area contributed by atoms with Crippen molar-refractivity contribution in [1.82, 2.24) is 15.0 Å². The highest BCUT2D eigenvalue weighted by Crippen LogP contribution is 2.12. The van der Waals surface area contributed by atoms with Gasteiger partial charge in [0, 0.05) is 6.54 Å². The second-order valence-electron chi connectivity index (χ2n) is 4.89. The van der Waals surface area contributed by atoms with Gasteiger partial charge in [-0.05, 0) is 37.5 Å². The highest BCUT2D eigenvalue weighted by molar-refractivity contribution is 5.69. The molecular weight excluding hydrogens is 270 g/mol. The number of ether oxygens (including phenoxy) is 1. The van der Waals surface area contributed by atoms with E-state index >= 15 is 0 Å². The summed E-state index contributed by atoms with van der Waals surface area (Å²) in [5, 5.41) is 16.4. The van der Waals surface area contributed by atoms with Crippen LogP contribution >= 0.6 is 0 Å². The van der Waals surface area contributed by atoms with E-state index in [9.17, 15) is 4.79 Å². The van der Waals surface area contributed by atoms with Crippen LogP contribution in [-0.2, 0) is 17.8 Å². The Kier molecular flexibility index (Phi) is 5.31. The number of benzene rings is 1. The fourth-order valence-corrected chi connectivity index (χ4v) is 2.02. The van der Waals surface area contributed by atoms with Crippen LogP contribution in [0.25, 0.3) is 0 Å². The summed E-state index contributed by atoms with van der Waals surface area (Å²) in [7, 11) is 0. The van der Waals surface area contributed by atoms with Crippen molar-refractivity contribution in [3.63, 3.8) is 0 Å². The first kappa shape index (κ1) is 15.0. The van der Waals surface area contributed by atoms with Gasteiger partial charge < -0.3 is 9.84 Å². The van der Waals surface area contributed by atoms with Crippen molar-refractivity contribution >= 4 is 5.97 Å². The SMILES string of the molecule is Cc1cccc(OCCCCn2nncc2CC(=O)O)c1. The molecule has 1 aromatic heterocycles. The Bertz CT molecular complexity index is 595. The topological polar surface area (TPSA) is 77.2 Å². The monoisotopic (exact) mass is 289 g/mol. The van der Waals surface area contributed by atoms with E-state index < -0.39 is 5.97 Å². The van der Waals surface area contributed by atoms with Crippen LogP contribution in [0, 0.1) is 6.92 Å². The predicted octanol–water partition coefficient (Wildman–Crippen LogP) is 2.07. The van der Waals surface area contributed by atoms with Crippen LogP contribution < -0.4 is 4.74 Å². The molecule has 0 aliphatic heterocycles. The number of carboxylic acid groups (broad SMARTS) is 1. The second-order valence-corrected chi connectivity index (χ2v) is 4.89. The average Bonchev–Trinajstić information content (AvgIpc) is 2.85. The Balaban J connectivity index is 1.70. The minimum Gasteiger partial charge on any atom is -0.494 e. The molecule has 0 saturated carbocycles. The zero-order chi connectivity index (χ0) is 15.1. The maximum Gasteiger partial charge on any atom is 0.309 e.